The quantitative estimate of drug-likeness (QED) is 0.155. The Kier molecular flexibility index (Phi) is 9.24. The molecule has 0 aromatic heterocycles. The fourth-order valence-electron chi connectivity index (χ4n) is 7.09. The third-order valence-corrected chi connectivity index (χ3v) is 10.0. The number of anilines is 1. The van der Waals surface area contributed by atoms with Gasteiger partial charge in [-0.15, -0.1) is 0 Å². The van der Waals surface area contributed by atoms with Crippen molar-refractivity contribution in [3.63, 3.8) is 0 Å². The van der Waals surface area contributed by atoms with Gasteiger partial charge in [0.05, 0.1) is 62.0 Å². The molecule has 2 atom stereocenters. The van der Waals surface area contributed by atoms with E-state index in [1.54, 1.807) is 59.5 Å². The van der Waals surface area contributed by atoms with Crippen molar-refractivity contribution in [3.05, 3.63) is 107 Å². The van der Waals surface area contributed by atoms with Crippen LogP contribution in [0.2, 0.25) is 0 Å². The fraction of sp³-hybridized carbons (Fsp3) is 0.238. The summed E-state index contributed by atoms with van der Waals surface area (Å²) in [4.78, 5) is 40.2. The van der Waals surface area contributed by atoms with E-state index in [0.29, 0.717) is 78.0 Å². The highest BCUT2D eigenvalue weighted by Crippen LogP contribution is 2.42. The van der Waals surface area contributed by atoms with Gasteiger partial charge in [-0.25, -0.2) is 0 Å². The lowest BCUT2D eigenvalue weighted by atomic mass is 10.0. The van der Waals surface area contributed by atoms with Crippen molar-refractivity contribution >= 4 is 52.5 Å². The molecule has 4 aliphatic heterocycles. The molecule has 4 aliphatic rings. The predicted molar refractivity (Wildman–Crippen MR) is 207 cm³/mol. The van der Waals surface area contributed by atoms with Gasteiger partial charge in [0.25, 0.3) is 11.8 Å². The van der Waals surface area contributed by atoms with Crippen LogP contribution in [0.25, 0.3) is 11.1 Å². The van der Waals surface area contributed by atoms with E-state index in [9.17, 15) is 14.7 Å². The number of phenols is 1. The van der Waals surface area contributed by atoms with E-state index in [-0.39, 0.29) is 29.6 Å². The third-order valence-electron chi connectivity index (χ3n) is 10.0. The molecular weight excluding hydrogens is 686 g/mol. The van der Waals surface area contributed by atoms with E-state index >= 15 is 0 Å². The van der Waals surface area contributed by atoms with Crippen LogP contribution in [-0.2, 0) is 0 Å². The molecule has 4 aromatic carbocycles. The number of nitrogens with one attached hydrogen (secondary N) is 1. The number of phenolic OH excluding ortho intramolecular Hbond substituents is 1. The van der Waals surface area contributed by atoms with Crippen LogP contribution in [0.4, 0.5) is 17.1 Å². The monoisotopic (exact) mass is 725 g/mol. The molecule has 0 saturated heterocycles. The van der Waals surface area contributed by atoms with Crippen LogP contribution in [0.3, 0.4) is 0 Å². The highest BCUT2D eigenvalue weighted by molar-refractivity contribution is 6.06. The number of ether oxygens (including phenoxy) is 4. The molecule has 0 radical (unpaired) electrons. The first-order valence-corrected chi connectivity index (χ1v) is 17.8. The minimum absolute atomic E-state index is 0.149. The summed E-state index contributed by atoms with van der Waals surface area (Å²) in [6.45, 7) is 0.601. The molecule has 0 saturated carbocycles. The Labute approximate surface area is 312 Å². The molecule has 12 nitrogen and oxygen atoms in total. The van der Waals surface area contributed by atoms with E-state index in [1.165, 1.54) is 7.11 Å². The molecule has 2 amide bonds. The van der Waals surface area contributed by atoms with E-state index in [1.807, 2.05) is 49.9 Å². The van der Waals surface area contributed by atoms with Gasteiger partial charge in [-0.05, 0) is 58.7 Å². The molecule has 12 heteroatoms. The van der Waals surface area contributed by atoms with E-state index in [2.05, 4.69) is 22.4 Å². The normalized spacial score (nSPS) is 18.1. The highest BCUT2D eigenvalue weighted by atomic mass is 16.5. The number of nitrogens with zero attached hydrogens (tertiary/aromatic N) is 4. The van der Waals surface area contributed by atoms with Gasteiger partial charge >= 0.3 is 0 Å². The summed E-state index contributed by atoms with van der Waals surface area (Å²) >= 11 is 0. The zero-order valence-electron chi connectivity index (χ0n) is 30.1. The molecule has 54 heavy (non-hydrogen) atoms. The SMILES string of the molecule is CNc1ccc(C2=CN3C(=O)c4cc(OC)c(OCCCOc5cc6c(cc5OC)C(=O)N5C=C(c7ccc(O)cc7)C[C@H]5C=N6)cc4N=CC3C2)cc1. The molecule has 0 spiro atoms. The number of fused-ring (bicyclic) bond motifs is 4. The van der Waals surface area contributed by atoms with Crippen molar-refractivity contribution in [2.75, 3.05) is 39.8 Å². The van der Waals surface area contributed by atoms with Crippen LogP contribution in [-0.4, -0.2) is 85.7 Å². The van der Waals surface area contributed by atoms with Crippen molar-refractivity contribution in [2.45, 2.75) is 31.3 Å². The number of aliphatic imine (C=N–C) groups is 2. The molecule has 1 unspecified atom stereocenters. The zero-order valence-corrected chi connectivity index (χ0v) is 30.1. The van der Waals surface area contributed by atoms with Crippen LogP contribution in [0.1, 0.15) is 51.1 Å². The van der Waals surface area contributed by atoms with Crippen molar-refractivity contribution in [1.29, 1.82) is 0 Å². The largest absolute Gasteiger partial charge is 0.508 e. The average Bonchev–Trinajstić information content (AvgIpc) is 3.78. The van der Waals surface area contributed by atoms with Gasteiger partial charge in [-0.3, -0.25) is 19.6 Å². The van der Waals surface area contributed by atoms with Gasteiger partial charge in [0.2, 0.25) is 0 Å². The maximum atomic E-state index is 13.7. The number of carbonyl (C=O) groups excluding carboxylic acids is 2. The number of aromatic hydroxyl groups is 1. The van der Waals surface area contributed by atoms with Gasteiger partial charge in [0.15, 0.2) is 23.0 Å². The average molecular weight is 726 g/mol. The van der Waals surface area contributed by atoms with Crippen molar-refractivity contribution < 1.29 is 33.6 Å². The smallest absolute Gasteiger partial charge is 0.260 e. The Hall–Kier alpha value is -6.56. The lowest BCUT2D eigenvalue weighted by Gasteiger charge is -2.19. The molecule has 0 fully saturated rings. The van der Waals surface area contributed by atoms with Crippen molar-refractivity contribution in [1.82, 2.24) is 9.80 Å². The number of benzene rings is 4. The Bertz CT molecular complexity index is 2240. The van der Waals surface area contributed by atoms with Gasteiger partial charge in [-0.1, -0.05) is 24.3 Å². The Morgan fingerprint density at radius 3 is 1.59 bits per heavy atom. The number of hydrogen-bond donors (Lipinski definition) is 2. The predicted octanol–water partition coefficient (Wildman–Crippen LogP) is 7.24. The summed E-state index contributed by atoms with van der Waals surface area (Å²) in [6, 6.07) is 21.5. The van der Waals surface area contributed by atoms with Crippen molar-refractivity contribution in [3.8, 4) is 28.7 Å². The molecule has 8 rings (SSSR count). The Morgan fingerprint density at radius 1 is 0.685 bits per heavy atom. The molecule has 0 bridgehead atoms. The molecule has 274 valence electrons. The fourth-order valence-corrected chi connectivity index (χ4v) is 7.09. The lowest BCUT2D eigenvalue weighted by molar-refractivity contribution is 0.0809. The number of carbonyl (C=O) groups is 2. The lowest BCUT2D eigenvalue weighted by Crippen LogP contribution is -2.32. The first kappa shape index (κ1) is 34.5. The van der Waals surface area contributed by atoms with E-state index in [0.717, 1.165) is 28.0 Å². The molecule has 4 heterocycles. The second kappa shape index (κ2) is 14.5. The number of rotatable bonds is 11. The standard InChI is InChI=1S/C42H39N5O7/c1-43-29-9-5-25(6-10-29)27-15-30-21-44-35-19-39(37(51-2)17-33(35)41(49)46(30)23-27)53-13-4-14-54-40-20-36-34(18-38(40)52-3)42(50)47-24-28(16-31(47)22-45-36)26-7-11-32(48)12-8-26/h5-12,17-24,30-31,43,48H,4,13-16H2,1-3H3/t30?,31-/m0/s1. The van der Waals surface area contributed by atoms with Crippen LogP contribution < -0.4 is 24.3 Å². The summed E-state index contributed by atoms with van der Waals surface area (Å²) < 4.78 is 23.5. The summed E-state index contributed by atoms with van der Waals surface area (Å²) in [5.41, 5.74) is 6.97. The maximum absolute atomic E-state index is 13.7. The number of hydrogen-bond acceptors (Lipinski definition) is 10. The van der Waals surface area contributed by atoms with Crippen LogP contribution >= 0.6 is 0 Å². The minimum Gasteiger partial charge on any atom is -0.508 e. The minimum atomic E-state index is -0.233. The second-order valence-corrected chi connectivity index (χ2v) is 13.3. The molecule has 4 aromatic rings. The second-order valence-electron chi connectivity index (χ2n) is 13.3. The summed E-state index contributed by atoms with van der Waals surface area (Å²) in [7, 11) is 4.96. The van der Waals surface area contributed by atoms with Crippen LogP contribution in [0.15, 0.2) is 95.2 Å². The first-order valence-electron chi connectivity index (χ1n) is 17.8. The van der Waals surface area contributed by atoms with Gasteiger partial charge in [-0.2, -0.15) is 0 Å². The summed E-state index contributed by atoms with van der Waals surface area (Å²) in [5, 5.41) is 12.8. The summed E-state index contributed by atoms with van der Waals surface area (Å²) in [6.07, 6.45) is 9.16. The van der Waals surface area contributed by atoms with Gasteiger partial charge in [0.1, 0.15) is 5.75 Å². The molecular formula is C42H39N5O7. The van der Waals surface area contributed by atoms with Crippen LogP contribution in [0, 0.1) is 0 Å². The zero-order chi connectivity index (χ0) is 37.3. The first-order chi connectivity index (χ1) is 26.3. The van der Waals surface area contributed by atoms with Gasteiger partial charge in [0, 0.05) is 69.0 Å². The Morgan fingerprint density at radius 2 is 1.15 bits per heavy atom. The molecule has 2 N–H and O–H groups in total. The van der Waals surface area contributed by atoms with Crippen LogP contribution in [0.5, 0.6) is 28.7 Å². The summed E-state index contributed by atoms with van der Waals surface area (Å²) in [5.74, 6) is 1.65. The number of amides is 2. The topological polar surface area (TPSA) is 135 Å². The van der Waals surface area contributed by atoms with E-state index in [4.69, 9.17) is 23.9 Å². The van der Waals surface area contributed by atoms with Crippen molar-refractivity contribution in [2.24, 2.45) is 9.98 Å². The Balaban J connectivity index is 0.909. The van der Waals surface area contributed by atoms with Gasteiger partial charge < -0.3 is 39.2 Å². The third kappa shape index (κ3) is 6.51. The number of methoxy groups -OCH3 is 2. The highest BCUT2D eigenvalue weighted by Gasteiger charge is 2.35. The molecule has 0 aliphatic carbocycles. The van der Waals surface area contributed by atoms with E-state index < -0.39 is 0 Å². The maximum Gasteiger partial charge on any atom is 0.260 e.